The smallest absolute Gasteiger partial charge is 0.0540 e. The van der Waals surface area contributed by atoms with Crippen LogP contribution in [0.15, 0.2) is 194 Å². The lowest BCUT2D eigenvalue weighted by atomic mass is 10.0. The number of rotatable bonds is 7. The van der Waals surface area contributed by atoms with Crippen molar-refractivity contribution in [2.75, 3.05) is 9.80 Å². The maximum Gasteiger partial charge on any atom is 0.0540 e. The third-order valence-electron chi connectivity index (χ3n) is 9.24. The Hall–Kier alpha value is -6.16. The largest absolute Gasteiger partial charge is 0.310 e. The molecule has 0 unspecified atom stereocenters. The van der Waals surface area contributed by atoms with Crippen LogP contribution in [-0.4, -0.2) is 0 Å². The van der Waals surface area contributed by atoms with Gasteiger partial charge in [0.1, 0.15) is 0 Å². The van der Waals surface area contributed by atoms with Gasteiger partial charge in [-0.2, -0.15) is 0 Å². The molecule has 0 amide bonds. The zero-order valence-corrected chi connectivity index (χ0v) is 27.6. The number of benzene rings is 8. The summed E-state index contributed by atoms with van der Waals surface area (Å²) < 4.78 is 2.63. The fourth-order valence-electron chi connectivity index (χ4n) is 6.89. The first-order valence-corrected chi connectivity index (χ1v) is 17.4. The molecule has 1 aromatic heterocycles. The van der Waals surface area contributed by atoms with Crippen molar-refractivity contribution in [3.8, 4) is 11.1 Å². The molecule has 0 atom stereocenters. The van der Waals surface area contributed by atoms with Crippen LogP contribution in [0.5, 0.6) is 0 Å². The molecule has 9 aromatic rings. The number of fused-ring (bicyclic) bond motifs is 4. The molecule has 0 fully saturated rings. The second kappa shape index (κ2) is 12.5. The summed E-state index contributed by atoms with van der Waals surface area (Å²) in [7, 11) is 0. The second-order valence-corrected chi connectivity index (χ2v) is 13.3. The highest BCUT2D eigenvalue weighted by atomic mass is 32.1. The van der Waals surface area contributed by atoms with Crippen LogP contribution in [0.1, 0.15) is 0 Å². The number of para-hydroxylation sites is 2. The van der Waals surface area contributed by atoms with Crippen molar-refractivity contribution in [3.05, 3.63) is 194 Å². The van der Waals surface area contributed by atoms with E-state index in [1.165, 1.54) is 42.1 Å². The molecule has 0 aliphatic heterocycles. The van der Waals surface area contributed by atoms with E-state index in [0.29, 0.717) is 0 Å². The van der Waals surface area contributed by atoms with E-state index in [2.05, 4.69) is 204 Å². The van der Waals surface area contributed by atoms with Gasteiger partial charge in [0.2, 0.25) is 0 Å². The molecule has 1 heterocycles. The third kappa shape index (κ3) is 5.41. The molecule has 0 saturated carbocycles. The molecule has 2 nitrogen and oxygen atoms in total. The highest BCUT2D eigenvalue weighted by Gasteiger charge is 2.17. The Balaban J connectivity index is 1.07. The number of anilines is 6. The first-order chi connectivity index (χ1) is 24.3. The van der Waals surface area contributed by atoms with Gasteiger partial charge >= 0.3 is 0 Å². The standard InChI is InChI=1S/C46H32N2S/c1-3-14-36(15-4-1)47(40-30-31-46-43(32-40)42-19-9-10-21-45(42)49-46)38-26-22-33(23-27-38)34-24-28-39(29-25-34)48(37-16-5-2-6-17-37)44-20-11-13-35-12-7-8-18-41(35)44/h1-32H. The van der Waals surface area contributed by atoms with Crippen molar-refractivity contribution in [3.63, 3.8) is 0 Å². The maximum atomic E-state index is 2.35. The number of thiophene rings is 1. The van der Waals surface area contributed by atoms with Gasteiger partial charge in [0.25, 0.3) is 0 Å². The van der Waals surface area contributed by atoms with E-state index in [4.69, 9.17) is 0 Å². The molecule has 0 radical (unpaired) electrons. The Morgan fingerprint density at radius 1 is 0.306 bits per heavy atom. The van der Waals surface area contributed by atoms with Crippen LogP contribution < -0.4 is 9.80 Å². The Labute approximate surface area is 290 Å². The minimum Gasteiger partial charge on any atom is -0.310 e. The molecule has 232 valence electrons. The van der Waals surface area contributed by atoms with E-state index in [-0.39, 0.29) is 0 Å². The summed E-state index contributed by atoms with van der Waals surface area (Å²) in [4.78, 5) is 4.70. The molecule has 0 aliphatic rings. The summed E-state index contributed by atoms with van der Waals surface area (Å²) in [6.45, 7) is 0. The van der Waals surface area contributed by atoms with Crippen LogP contribution in [0, 0.1) is 0 Å². The van der Waals surface area contributed by atoms with Gasteiger partial charge in [0, 0.05) is 54.0 Å². The minimum atomic E-state index is 1.12. The van der Waals surface area contributed by atoms with Crippen molar-refractivity contribution < 1.29 is 0 Å². The molecule has 49 heavy (non-hydrogen) atoms. The first-order valence-electron chi connectivity index (χ1n) is 16.6. The average molecular weight is 645 g/mol. The van der Waals surface area contributed by atoms with Crippen LogP contribution in [0.2, 0.25) is 0 Å². The summed E-state index contributed by atoms with van der Waals surface area (Å²) in [6.07, 6.45) is 0. The van der Waals surface area contributed by atoms with E-state index in [9.17, 15) is 0 Å². The molecule has 0 saturated heterocycles. The highest BCUT2D eigenvalue weighted by molar-refractivity contribution is 7.25. The van der Waals surface area contributed by atoms with Crippen LogP contribution in [0.25, 0.3) is 42.1 Å². The zero-order chi connectivity index (χ0) is 32.6. The van der Waals surface area contributed by atoms with Gasteiger partial charge in [-0.15, -0.1) is 11.3 Å². The number of nitrogens with zero attached hydrogens (tertiary/aromatic N) is 2. The van der Waals surface area contributed by atoms with Gasteiger partial charge in [-0.05, 0) is 95.4 Å². The fraction of sp³-hybridized carbons (Fsp3) is 0. The van der Waals surface area contributed by atoms with Crippen LogP contribution >= 0.6 is 11.3 Å². The van der Waals surface area contributed by atoms with Gasteiger partial charge in [0.05, 0.1) is 5.69 Å². The number of hydrogen-bond acceptors (Lipinski definition) is 3. The molecule has 0 bridgehead atoms. The molecule has 0 spiro atoms. The summed E-state index contributed by atoms with van der Waals surface area (Å²) in [6, 6.07) is 69.8. The van der Waals surface area contributed by atoms with Crippen molar-refractivity contribution in [2.24, 2.45) is 0 Å². The van der Waals surface area contributed by atoms with Crippen molar-refractivity contribution >= 4 is 76.4 Å². The van der Waals surface area contributed by atoms with Crippen LogP contribution in [0.4, 0.5) is 34.1 Å². The Morgan fingerprint density at radius 2 is 0.796 bits per heavy atom. The SMILES string of the molecule is c1ccc(N(c2ccc(-c3ccc(N(c4ccccc4)c4cccc5ccccc45)cc3)cc2)c2ccc3sc4ccccc4c3c2)cc1. The van der Waals surface area contributed by atoms with Crippen molar-refractivity contribution in [1.29, 1.82) is 0 Å². The summed E-state index contributed by atoms with van der Waals surface area (Å²) in [5.74, 6) is 0. The van der Waals surface area contributed by atoms with Gasteiger partial charge in [-0.25, -0.2) is 0 Å². The monoisotopic (exact) mass is 644 g/mol. The first kappa shape index (κ1) is 29.0. The Bertz CT molecular complexity index is 2530. The van der Waals surface area contributed by atoms with E-state index >= 15 is 0 Å². The van der Waals surface area contributed by atoms with E-state index in [1.54, 1.807) is 0 Å². The predicted molar refractivity (Wildman–Crippen MR) is 212 cm³/mol. The van der Waals surface area contributed by atoms with Gasteiger partial charge in [-0.3, -0.25) is 0 Å². The van der Waals surface area contributed by atoms with Crippen LogP contribution in [0.3, 0.4) is 0 Å². The normalized spacial score (nSPS) is 11.3. The number of hydrogen-bond donors (Lipinski definition) is 0. The van der Waals surface area contributed by atoms with Gasteiger partial charge in [-0.1, -0.05) is 115 Å². The molecular weight excluding hydrogens is 613 g/mol. The molecule has 0 aliphatic carbocycles. The predicted octanol–water partition coefficient (Wildman–Crippen LogP) is 13.8. The second-order valence-electron chi connectivity index (χ2n) is 12.2. The lowest BCUT2D eigenvalue weighted by Crippen LogP contribution is -2.10. The molecule has 3 heteroatoms. The minimum absolute atomic E-state index is 1.12. The zero-order valence-electron chi connectivity index (χ0n) is 26.8. The van der Waals surface area contributed by atoms with E-state index in [1.807, 2.05) is 11.3 Å². The third-order valence-corrected chi connectivity index (χ3v) is 10.4. The summed E-state index contributed by atoms with van der Waals surface area (Å²) in [5, 5.41) is 5.06. The molecular formula is C46H32N2S. The quantitative estimate of drug-likeness (QED) is 0.170. The topological polar surface area (TPSA) is 6.48 Å². The Morgan fingerprint density at radius 3 is 1.49 bits per heavy atom. The summed E-state index contributed by atoms with van der Waals surface area (Å²) in [5.41, 5.74) is 9.17. The van der Waals surface area contributed by atoms with E-state index < -0.39 is 0 Å². The molecule has 8 aromatic carbocycles. The fourth-order valence-corrected chi connectivity index (χ4v) is 7.98. The maximum absolute atomic E-state index is 2.35. The Kier molecular flexibility index (Phi) is 7.38. The summed E-state index contributed by atoms with van der Waals surface area (Å²) >= 11 is 1.85. The van der Waals surface area contributed by atoms with Gasteiger partial charge in [0.15, 0.2) is 0 Å². The van der Waals surface area contributed by atoms with E-state index in [0.717, 1.165) is 34.1 Å². The van der Waals surface area contributed by atoms with Gasteiger partial charge < -0.3 is 9.80 Å². The van der Waals surface area contributed by atoms with Crippen molar-refractivity contribution in [1.82, 2.24) is 0 Å². The lowest BCUT2D eigenvalue weighted by molar-refractivity contribution is 1.29. The van der Waals surface area contributed by atoms with Crippen molar-refractivity contribution in [2.45, 2.75) is 0 Å². The van der Waals surface area contributed by atoms with Crippen LogP contribution in [-0.2, 0) is 0 Å². The lowest BCUT2D eigenvalue weighted by Gasteiger charge is -2.27. The molecule has 9 rings (SSSR count). The average Bonchev–Trinajstić information content (AvgIpc) is 3.55. The molecule has 0 N–H and O–H groups in total. The highest BCUT2D eigenvalue weighted by Crippen LogP contribution is 2.42.